The van der Waals surface area contributed by atoms with E-state index >= 15 is 0 Å². The fourth-order valence-electron chi connectivity index (χ4n) is 1.82. The minimum atomic E-state index is -0.569. The van der Waals surface area contributed by atoms with E-state index in [2.05, 4.69) is 0 Å². The first-order valence-electron chi connectivity index (χ1n) is 5.45. The molecule has 0 bridgehead atoms. The maximum atomic E-state index is 14.1. The van der Waals surface area contributed by atoms with Gasteiger partial charge < -0.3 is 19.3 Å². The van der Waals surface area contributed by atoms with Gasteiger partial charge in [-0.25, -0.2) is 0 Å². The third-order valence-corrected chi connectivity index (χ3v) is 2.77. The van der Waals surface area contributed by atoms with Gasteiger partial charge in [0.2, 0.25) is 11.6 Å². The van der Waals surface area contributed by atoms with Crippen LogP contribution in [-0.4, -0.2) is 32.0 Å². The van der Waals surface area contributed by atoms with Gasteiger partial charge in [-0.3, -0.25) is 0 Å². The van der Waals surface area contributed by atoms with Gasteiger partial charge in [-0.1, -0.05) is 6.92 Å². The summed E-state index contributed by atoms with van der Waals surface area (Å²) >= 11 is 0. The van der Waals surface area contributed by atoms with Crippen molar-refractivity contribution in [2.45, 2.75) is 12.8 Å². The van der Waals surface area contributed by atoms with Crippen molar-refractivity contribution < 1.29 is 23.7 Å². The second-order valence-corrected chi connectivity index (χ2v) is 3.92. The average molecular weight is 242 g/mol. The number of rotatable bonds is 3. The number of ether oxygens (including phenoxy) is 3. The second kappa shape index (κ2) is 4.79. The van der Waals surface area contributed by atoms with Gasteiger partial charge in [-0.05, 0) is 6.07 Å². The summed E-state index contributed by atoms with van der Waals surface area (Å²) in [6.07, 6.45) is 0. The Kier molecular flexibility index (Phi) is 3.38. The first-order chi connectivity index (χ1) is 8.19. The highest BCUT2D eigenvalue weighted by molar-refractivity contribution is 5.53. The molecule has 4 nitrogen and oxygen atoms in total. The molecule has 0 aromatic heterocycles. The fraction of sp³-hybridized carbons (Fsp3) is 0.500. The van der Waals surface area contributed by atoms with E-state index in [9.17, 15) is 4.39 Å². The summed E-state index contributed by atoms with van der Waals surface area (Å²) in [6.45, 7) is 2.41. The van der Waals surface area contributed by atoms with Gasteiger partial charge >= 0.3 is 0 Å². The normalized spacial score (nSPS) is 15.5. The van der Waals surface area contributed by atoms with E-state index in [-0.39, 0.29) is 24.0 Å². The molecule has 0 amide bonds. The molecule has 0 radical (unpaired) electrons. The highest BCUT2D eigenvalue weighted by Gasteiger charge is 2.25. The highest BCUT2D eigenvalue weighted by Crippen LogP contribution is 2.42. The van der Waals surface area contributed by atoms with Crippen LogP contribution in [0.1, 0.15) is 18.4 Å². The number of benzene rings is 1. The molecule has 0 spiro atoms. The lowest BCUT2D eigenvalue weighted by Gasteiger charge is -2.23. The molecule has 1 aliphatic heterocycles. The van der Waals surface area contributed by atoms with Crippen LogP contribution >= 0.6 is 0 Å². The molecule has 1 aliphatic rings. The molecule has 0 aliphatic carbocycles. The summed E-state index contributed by atoms with van der Waals surface area (Å²) in [5.74, 6) is -0.238. The Morgan fingerprint density at radius 3 is 2.82 bits per heavy atom. The molecule has 1 heterocycles. The van der Waals surface area contributed by atoms with Gasteiger partial charge in [0.25, 0.3) is 0 Å². The van der Waals surface area contributed by atoms with Crippen molar-refractivity contribution >= 4 is 0 Å². The Bertz CT molecular complexity index is 419. The van der Waals surface area contributed by atoms with Crippen molar-refractivity contribution in [3.63, 3.8) is 0 Å². The summed E-state index contributed by atoms with van der Waals surface area (Å²) in [5, 5.41) is 9.15. The van der Waals surface area contributed by atoms with Crippen molar-refractivity contribution in [1.29, 1.82) is 0 Å². The van der Waals surface area contributed by atoms with Crippen molar-refractivity contribution in [3.8, 4) is 17.2 Å². The third-order valence-electron chi connectivity index (χ3n) is 2.77. The minimum absolute atomic E-state index is 0.0852. The molecular weight excluding hydrogens is 227 g/mol. The maximum absolute atomic E-state index is 14.1. The van der Waals surface area contributed by atoms with Gasteiger partial charge in [-0.15, -0.1) is 0 Å². The van der Waals surface area contributed by atoms with Crippen LogP contribution in [0, 0.1) is 5.82 Å². The quantitative estimate of drug-likeness (QED) is 0.876. The Hall–Kier alpha value is -1.49. The van der Waals surface area contributed by atoms with E-state index in [0.717, 1.165) is 0 Å². The van der Waals surface area contributed by atoms with Crippen LogP contribution in [0.3, 0.4) is 0 Å². The van der Waals surface area contributed by atoms with Crippen LogP contribution in [0.15, 0.2) is 6.07 Å². The standard InChI is InChI=1S/C12H15FO4/c1-7(6-14)8-5-9-12(17-4-3-16-9)10(13)11(8)15-2/h5,7,14H,3-4,6H2,1-2H3. The monoisotopic (exact) mass is 242 g/mol. The summed E-state index contributed by atoms with van der Waals surface area (Å²) < 4.78 is 29.7. The van der Waals surface area contributed by atoms with Gasteiger partial charge in [0.15, 0.2) is 11.5 Å². The lowest BCUT2D eigenvalue weighted by molar-refractivity contribution is 0.161. The van der Waals surface area contributed by atoms with E-state index in [1.54, 1.807) is 13.0 Å². The molecule has 5 heteroatoms. The van der Waals surface area contributed by atoms with Gasteiger partial charge in [0.05, 0.1) is 7.11 Å². The van der Waals surface area contributed by atoms with Gasteiger partial charge in [-0.2, -0.15) is 4.39 Å². The van der Waals surface area contributed by atoms with Crippen molar-refractivity contribution in [2.24, 2.45) is 0 Å². The van der Waals surface area contributed by atoms with E-state index in [0.29, 0.717) is 24.5 Å². The number of aliphatic hydroxyl groups is 1. The molecule has 0 fully saturated rings. The SMILES string of the molecule is COc1c(C(C)CO)cc2c(c1F)OCCO2. The van der Waals surface area contributed by atoms with Crippen LogP contribution in [0.2, 0.25) is 0 Å². The average Bonchev–Trinajstić information content (AvgIpc) is 2.37. The number of methoxy groups -OCH3 is 1. The largest absolute Gasteiger partial charge is 0.493 e. The predicted molar refractivity (Wildman–Crippen MR) is 59.4 cm³/mol. The molecule has 1 unspecified atom stereocenters. The lowest BCUT2D eigenvalue weighted by atomic mass is 9.99. The van der Waals surface area contributed by atoms with Crippen molar-refractivity contribution in [2.75, 3.05) is 26.9 Å². The Labute approximate surface area is 98.9 Å². The summed E-state index contributed by atoms with van der Waals surface area (Å²) in [4.78, 5) is 0. The zero-order valence-electron chi connectivity index (χ0n) is 9.83. The highest BCUT2D eigenvalue weighted by atomic mass is 19.1. The molecule has 1 N–H and O–H groups in total. The Morgan fingerprint density at radius 2 is 2.18 bits per heavy atom. The smallest absolute Gasteiger partial charge is 0.210 e. The molecular formula is C12H15FO4. The van der Waals surface area contributed by atoms with Gasteiger partial charge in [0.1, 0.15) is 13.2 Å². The summed E-state index contributed by atoms with van der Waals surface area (Å²) in [7, 11) is 1.39. The fourth-order valence-corrected chi connectivity index (χ4v) is 1.82. The zero-order chi connectivity index (χ0) is 12.4. The van der Waals surface area contributed by atoms with E-state index in [1.807, 2.05) is 0 Å². The van der Waals surface area contributed by atoms with E-state index in [4.69, 9.17) is 19.3 Å². The molecule has 1 aromatic carbocycles. The molecule has 0 saturated carbocycles. The first kappa shape index (κ1) is 12.0. The number of fused-ring (bicyclic) bond motifs is 1. The predicted octanol–water partition coefficient (Wildman–Crippen LogP) is 1.70. The molecule has 2 rings (SSSR count). The second-order valence-electron chi connectivity index (χ2n) is 3.92. The summed E-state index contributed by atoms with van der Waals surface area (Å²) in [6, 6.07) is 1.66. The zero-order valence-corrected chi connectivity index (χ0v) is 9.83. The van der Waals surface area contributed by atoms with Crippen LogP contribution in [0.4, 0.5) is 4.39 Å². The topological polar surface area (TPSA) is 47.9 Å². The van der Waals surface area contributed by atoms with E-state index in [1.165, 1.54) is 7.11 Å². The maximum Gasteiger partial charge on any atom is 0.210 e. The van der Waals surface area contributed by atoms with Crippen molar-refractivity contribution in [3.05, 3.63) is 17.4 Å². The molecule has 1 aromatic rings. The minimum Gasteiger partial charge on any atom is -0.493 e. The summed E-state index contributed by atoms with van der Waals surface area (Å²) in [5.41, 5.74) is 0.580. The number of aliphatic hydroxyl groups excluding tert-OH is 1. The molecule has 17 heavy (non-hydrogen) atoms. The first-order valence-corrected chi connectivity index (χ1v) is 5.45. The number of hydrogen-bond donors (Lipinski definition) is 1. The van der Waals surface area contributed by atoms with Crippen LogP contribution in [-0.2, 0) is 0 Å². The van der Waals surface area contributed by atoms with Crippen LogP contribution in [0.5, 0.6) is 17.2 Å². The number of halogens is 1. The van der Waals surface area contributed by atoms with Crippen molar-refractivity contribution in [1.82, 2.24) is 0 Å². The molecule has 94 valence electrons. The lowest BCUT2D eigenvalue weighted by Crippen LogP contribution is -2.18. The van der Waals surface area contributed by atoms with Crippen LogP contribution < -0.4 is 14.2 Å². The van der Waals surface area contributed by atoms with Gasteiger partial charge in [0, 0.05) is 18.1 Å². The molecule has 0 saturated heterocycles. The Morgan fingerprint density at radius 1 is 1.47 bits per heavy atom. The van der Waals surface area contributed by atoms with Crippen LogP contribution in [0.25, 0.3) is 0 Å². The third kappa shape index (κ3) is 2.02. The number of hydrogen-bond acceptors (Lipinski definition) is 4. The molecule has 1 atom stereocenters. The Balaban J connectivity index is 2.55. The van der Waals surface area contributed by atoms with E-state index < -0.39 is 5.82 Å².